The lowest BCUT2D eigenvalue weighted by atomic mass is 9.88. The Labute approximate surface area is 197 Å². The molecular formula is C23H34F5N5O. The van der Waals surface area contributed by atoms with Crippen LogP contribution in [0.15, 0.2) is 44.3 Å². The summed E-state index contributed by atoms with van der Waals surface area (Å²) in [5.41, 5.74) is 5.84. The molecule has 34 heavy (non-hydrogen) atoms. The number of nitrogens with one attached hydrogen (secondary N) is 1. The Bertz CT molecular complexity index is 887. The number of piperidine rings is 1. The lowest BCUT2D eigenvalue weighted by molar-refractivity contribution is -0.148. The van der Waals surface area contributed by atoms with Crippen molar-refractivity contribution in [3.8, 4) is 0 Å². The minimum Gasteiger partial charge on any atom is -0.394 e. The fourth-order valence-corrected chi connectivity index (χ4v) is 3.59. The first-order valence-electron chi connectivity index (χ1n) is 11.0. The molecule has 0 radical (unpaired) electrons. The molecule has 6 nitrogen and oxygen atoms in total. The third-order valence-electron chi connectivity index (χ3n) is 5.70. The Morgan fingerprint density at radius 3 is 2.38 bits per heavy atom. The van der Waals surface area contributed by atoms with E-state index in [1.165, 1.54) is 20.2 Å². The Morgan fingerprint density at radius 2 is 1.88 bits per heavy atom. The Morgan fingerprint density at radius 1 is 1.26 bits per heavy atom. The summed E-state index contributed by atoms with van der Waals surface area (Å²) in [6.07, 6.45) is -1.50. The quantitative estimate of drug-likeness (QED) is 0.296. The molecule has 0 aliphatic carbocycles. The van der Waals surface area contributed by atoms with Crippen molar-refractivity contribution in [1.82, 2.24) is 10.2 Å². The topological polar surface area (TPSA) is 83.1 Å². The minimum absolute atomic E-state index is 0.0123. The molecule has 1 rings (SSSR count). The van der Waals surface area contributed by atoms with E-state index in [9.17, 15) is 26.7 Å². The van der Waals surface area contributed by atoms with Crippen LogP contribution in [0.2, 0.25) is 0 Å². The maximum atomic E-state index is 14.4. The maximum Gasteiger partial charge on any atom is 0.417 e. The molecule has 3 N–H and O–H groups in total. The van der Waals surface area contributed by atoms with Crippen molar-refractivity contribution >= 4 is 18.3 Å². The van der Waals surface area contributed by atoms with Crippen LogP contribution in [-0.2, 0) is 4.79 Å². The molecule has 1 aliphatic heterocycles. The summed E-state index contributed by atoms with van der Waals surface area (Å²) in [4.78, 5) is 21.8. The van der Waals surface area contributed by atoms with Crippen LogP contribution in [0.5, 0.6) is 0 Å². The first-order chi connectivity index (χ1) is 15.7. The number of alkyl halides is 5. The normalized spacial score (nSPS) is 23.3. The van der Waals surface area contributed by atoms with Gasteiger partial charge in [-0.25, -0.2) is 13.8 Å². The molecule has 0 aromatic heterocycles. The summed E-state index contributed by atoms with van der Waals surface area (Å²) >= 11 is 0. The predicted octanol–water partition coefficient (Wildman–Crippen LogP) is 4.60. The Balaban J connectivity index is 3.26. The van der Waals surface area contributed by atoms with Crippen LogP contribution in [0.25, 0.3) is 0 Å². The number of carbonyl (C=O) groups is 1. The fraction of sp³-hybridized carbons (Fsp3) is 0.609. The summed E-state index contributed by atoms with van der Waals surface area (Å²) in [5, 5.41) is 2.97. The van der Waals surface area contributed by atoms with Crippen molar-refractivity contribution in [2.75, 3.05) is 20.1 Å². The van der Waals surface area contributed by atoms with Crippen LogP contribution in [0.3, 0.4) is 0 Å². The highest BCUT2D eigenvalue weighted by atomic mass is 19.4. The highest BCUT2D eigenvalue weighted by molar-refractivity contribution is 5.99. The second-order valence-electron chi connectivity index (χ2n) is 8.39. The van der Waals surface area contributed by atoms with Crippen LogP contribution in [0.4, 0.5) is 22.0 Å². The predicted molar refractivity (Wildman–Crippen MR) is 125 cm³/mol. The Hall–Kier alpha value is -2.72. The number of carbonyl (C=O) groups excluding carboxylic acids is 1. The molecule has 0 aromatic carbocycles. The van der Waals surface area contributed by atoms with Gasteiger partial charge in [0.15, 0.2) is 0 Å². The van der Waals surface area contributed by atoms with Crippen LogP contribution < -0.4 is 11.1 Å². The molecule has 1 amide bonds. The van der Waals surface area contributed by atoms with E-state index in [2.05, 4.69) is 15.3 Å². The van der Waals surface area contributed by atoms with E-state index in [0.29, 0.717) is 17.6 Å². The van der Waals surface area contributed by atoms with E-state index in [1.54, 1.807) is 20.8 Å². The molecule has 1 saturated heterocycles. The molecule has 1 heterocycles. The molecular weight excluding hydrogens is 457 g/mol. The van der Waals surface area contributed by atoms with Gasteiger partial charge >= 0.3 is 6.18 Å². The number of allylic oxidation sites excluding steroid dienone is 4. The third kappa shape index (κ3) is 7.95. The molecule has 0 saturated carbocycles. The largest absolute Gasteiger partial charge is 0.417 e. The fourth-order valence-electron chi connectivity index (χ4n) is 3.59. The number of rotatable bonds is 8. The Kier molecular flexibility index (Phi) is 10.4. The van der Waals surface area contributed by atoms with Crippen molar-refractivity contribution in [2.45, 2.75) is 65.6 Å². The van der Waals surface area contributed by atoms with E-state index < -0.39 is 48.5 Å². The van der Waals surface area contributed by atoms with Crippen molar-refractivity contribution < 1.29 is 26.7 Å². The van der Waals surface area contributed by atoms with E-state index in [0.717, 1.165) is 17.2 Å². The molecule has 0 bridgehead atoms. The lowest BCUT2D eigenvalue weighted by Gasteiger charge is -2.43. The van der Waals surface area contributed by atoms with Crippen LogP contribution in [-0.4, -0.2) is 61.5 Å². The van der Waals surface area contributed by atoms with Gasteiger partial charge in [-0.1, -0.05) is 19.9 Å². The van der Waals surface area contributed by atoms with E-state index in [1.807, 2.05) is 6.92 Å². The van der Waals surface area contributed by atoms with Gasteiger partial charge < -0.3 is 16.0 Å². The van der Waals surface area contributed by atoms with Gasteiger partial charge in [-0.2, -0.15) is 13.2 Å². The number of hydrogen-bond donors (Lipinski definition) is 2. The zero-order valence-electron chi connectivity index (χ0n) is 20.4. The summed E-state index contributed by atoms with van der Waals surface area (Å²) in [7, 11) is 1.49. The van der Waals surface area contributed by atoms with Gasteiger partial charge in [0, 0.05) is 32.4 Å². The SMILES string of the molecule is C\C=C(/C=N\C(NCC1C(C)CC(F)(F)CN1C(=O)C(N)=C(C)C=NC)=C(\C)CC)C(F)(F)F. The first kappa shape index (κ1) is 29.3. The van der Waals surface area contributed by atoms with Gasteiger partial charge in [0.2, 0.25) is 0 Å². The molecule has 192 valence electrons. The average molecular weight is 492 g/mol. The summed E-state index contributed by atoms with van der Waals surface area (Å²) in [6.45, 7) is 7.13. The van der Waals surface area contributed by atoms with Gasteiger partial charge in [-0.05, 0) is 44.3 Å². The number of amides is 1. The second kappa shape index (κ2) is 12.1. The van der Waals surface area contributed by atoms with Crippen molar-refractivity contribution in [2.24, 2.45) is 21.6 Å². The average Bonchev–Trinajstić information content (AvgIpc) is 2.73. The van der Waals surface area contributed by atoms with Crippen molar-refractivity contribution in [1.29, 1.82) is 0 Å². The number of nitrogens with zero attached hydrogens (tertiary/aromatic N) is 3. The number of aliphatic imine (C=N–C) groups is 2. The zero-order chi connectivity index (χ0) is 26.3. The summed E-state index contributed by atoms with van der Waals surface area (Å²) in [6, 6.07) is -0.685. The third-order valence-corrected chi connectivity index (χ3v) is 5.70. The molecule has 2 atom stereocenters. The standard InChI is InChI=1S/C23H34F5N5O/c1-7-14(3)20(31-11-17(8-2)23(26,27)28)32-12-18-15(4)9-22(24,25)13-33(18)21(34)19(29)16(5)10-30-6/h8,10-11,15,18,32H,7,9,12-13,29H2,1-6H3/b17-8+,19-16?,20-14+,30-10?,31-11-. The molecule has 0 aromatic rings. The van der Waals surface area contributed by atoms with E-state index >= 15 is 0 Å². The number of hydrogen-bond acceptors (Lipinski definition) is 5. The highest BCUT2D eigenvalue weighted by Gasteiger charge is 2.46. The molecule has 0 spiro atoms. The summed E-state index contributed by atoms with van der Waals surface area (Å²) < 4.78 is 67.9. The minimum atomic E-state index is -4.56. The molecule has 1 aliphatic rings. The summed E-state index contributed by atoms with van der Waals surface area (Å²) in [5.74, 6) is -4.25. The maximum absolute atomic E-state index is 14.4. The molecule has 11 heteroatoms. The van der Waals surface area contributed by atoms with Gasteiger partial charge in [-0.15, -0.1) is 0 Å². The van der Waals surface area contributed by atoms with Crippen LogP contribution >= 0.6 is 0 Å². The van der Waals surface area contributed by atoms with E-state index in [4.69, 9.17) is 5.73 Å². The molecule has 2 unspecified atom stereocenters. The van der Waals surface area contributed by atoms with E-state index in [-0.39, 0.29) is 18.1 Å². The number of halogens is 5. The van der Waals surface area contributed by atoms with Crippen molar-refractivity contribution in [3.63, 3.8) is 0 Å². The van der Waals surface area contributed by atoms with Gasteiger partial charge in [0.25, 0.3) is 11.8 Å². The lowest BCUT2D eigenvalue weighted by Crippen LogP contribution is -2.59. The molecule has 1 fully saturated rings. The number of likely N-dealkylation sites (tertiary alicyclic amines) is 1. The smallest absolute Gasteiger partial charge is 0.394 e. The van der Waals surface area contributed by atoms with Gasteiger partial charge in [0.1, 0.15) is 11.5 Å². The van der Waals surface area contributed by atoms with Crippen molar-refractivity contribution in [3.05, 3.63) is 34.3 Å². The number of nitrogens with two attached hydrogens (primary N) is 1. The van der Waals surface area contributed by atoms with Crippen LogP contribution in [0, 0.1) is 5.92 Å². The van der Waals surface area contributed by atoms with Gasteiger partial charge in [0.05, 0.1) is 18.2 Å². The zero-order valence-corrected chi connectivity index (χ0v) is 20.4. The van der Waals surface area contributed by atoms with Gasteiger partial charge in [-0.3, -0.25) is 9.79 Å². The highest BCUT2D eigenvalue weighted by Crippen LogP contribution is 2.35. The first-order valence-corrected chi connectivity index (χ1v) is 11.0. The van der Waals surface area contributed by atoms with Crippen LogP contribution in [0.1, 0.15) is 47.5 Å². The monoisotopic (exact) mass is 491 g/mol. The second-order valence-corrected chi connectivity index (χ2v) is 8.39.